The van der Waals surface area contributed by atoms with E-state index in [1.165, 1.54) is 0 Å². The molecule has 0 aliphatic carbocycles. The average Bonchev–Trinajstić information content (AvgIpc) is 2.62. The van der Waals surface area contributed by atoms with Crippen LogP contribution in [-0.2, 0) is 0 Å². The van der Waals surface area contributed by atoms with Crippen molar-refractivity contribution in [2.45, 2.75) is 20.0 Å². The Morgan fingerprint density at radius 1 is 1.28 bits per heavy atom. The van der Waals surface area contributed by atoms with Crippen molar-refractivity contribution >= 4 is 34.6 Å². The molecule has 25 heavy (non-hydrogen) atoms. The summed E-state index contributed by atoms with van der Waals surface area (Å²) in [6.45, 7) is 5.96. The van der Waals surface area contributed by atoms with E-state index in [4.69, 9.17) is 33.3 Å². The fourth-order valence-electron chi connectivity index (χ4n) is 2.63. The largest absolute Gasteiger partial charge is 0.486 e. The maximum atomic E-state index is 6.18. The molecule has 0 amide bonds. The third kappa shape index (κ3) is 4.35. The van der Waals surface area contributed by atoms with Crippen LogP contribution in [-0.4, -0.2) is 35.8 Å². The number of ether oxygens (including phenoxy) is 2. The van der Waals surface area contributed by atoms with Gasteiger partial charge in [-0.25, -0.2) is 0 Å². The van der Waals surface area contributed by atoms with E-state index in [-0.39, 0.29) is 6.10 Å². The smallest absolute Gasteiger partial charge is 0.173 e. The minimum absolute atomic E-state index is 0.0730. The first-order chi connectivity index (χ1) is 12.1. The summed E-state index contributed by atoms with van der Waals surface area (Å²) in [7, 11) is 0. The Bertz CT molecular complexity index is 769. The number of rotatable bonds is 4. The Labute approximate surface area is 158 Å². The first-order valence-electron chi connectivity index (χ1n) is 8.27. The maximum Gasteiger partial charge on any atom is 0.173 e. The van der Waals surface area contributed by atoms with Crippen LogP contribution in [0.5, 0.6) is 11.5 Å². The third-order valence-electron chi connectivity index (χ3n) is 4.08. The zero-order valence-electron chi connectivity index (χ0n) is 14.3. The van der Waals surface area contributed by atoms with Gasteiger partial charge in [-0.3, -0.25) is 0 Å². The zero-order valence-corrected chi connectivity index (χ0v) is 15.9. The molecule has 3 rings (SSSR count). The molecule has 2 aromatic carbocycles. The van der Waals surface area contributed by atoms with Crippen LogP contribution in [0, 0.1) is 6.92 Å². The van der Waals surface area contributed by atoms with Crippen LogP contribution in [0.1, 0.15) is 12.5 Å². The first kappa shape index (κ1) is 17.8. The summed E-state index contributed by atoms with van der Waals surface area (Å²) in [6.07, 6.45) is -0.0730. The summed E-state index contributed by atoms with van der Waals surface area (Å²) in [5.74, 6) is 1.57. The average molecular weight is 377 g/mol. The molecule has 0 unspecified atom stereocenters. The third-order valence-corrected chi connectivity index (χ3v) is 4.85. The van der Waals surface area contributed by atoms with Gasteiger partial charge < -0.3 is 19.7 Å². The van der Waals surface area contributed by atoms with Gasteiger partial charge in [0.15, 0.2) is 22.7 Å². The minimum Gasteiger partial charge on any atom is -0.486 e. The molecule has 1 heterocycles. The molecule has 2 aromatic rings. The van der Waals surface area contributed by atoms with Crippen molar-refractivity contribution in [2.75, 3.05) is 25.0 Å². The van der Waals surface area contributed by atoms with E-state index >= 15 is 0 Å². The summed E-state index contributed by atoms with van der Waals surface area (Å²) < 4.78 is 11.8. The van der Waals surface area contributed by atoms with Gasteiger partial charge in [-0.05, 0) is 55.9 Å². The second kappa shape index (κ2) is 7.93. The number of fused-ring (bicyclic) bond motifs is 1. The lowest BCUT2D eigenvalue weighted by atomic mass is 10.2. The molecule has 1 N–H and O–H groups in total. The molecule has 6 heteroatoms. The minimum atomic E-state index is -0.0730. The van der Waals surface area contributed by atoms with E-state index in [0.29, 0.717) is 18.3 Å². The van der Waals surface area contributed by atoms with Crippen LogP contribution in [0.4, 0.5) is 5.69 Å². The van der Waals surface area contributed by atoms with Crippen LogP contribution in [0.15, 0.2) is 42.5 Å². The summed E-state index contributed by atoms with van der Waals surface area (Å²) >= 11 is 11.7. The number of halogens is 1. The van der Waals surface area contributed by atoms with Crippen LogP contribution in [0.25, 0.3) is 0 Å². The molecule has 0 saturated carbocycles. The van der Waals surface area contributed by atoms with E-state index in [0.717, 1.165) is 34.3 Å². The number of likely N-dealkylation sites (N-methyl/N-ethyl adjacent to an activating group) is 1. The van der Waals surface area contributed by atoms with Gasteiger partial charge in [0, 0.05) is 17.3 Å². The van der Waals surface area contributed by atoms with Crippen molar-refractivity contribution in [3.8, 4) is 11.5 Å². The highest BCUT2D eigenvalue weighted by Crippen LogP contribution is 2.31. The molecule has 0 radical (unpaired) electrons. The van der Waals surface area contributed by atoms with Gasteiger partial charge in [-0.1, -0.05) is 29.8 Å². The topological polar surface area (TPSA) is 33.7 Å². The van der Waals surface area contributed by atoms with Crippen LogP contribution >= 0.6 is 23.8 Å². The normalized spacial score (nSPS) is 15.6. The molecule has 1 aliphatic rings. The Hall–Kier alpha value is -1.98. The molecular formula is C19H21ClN2O2S. The summed E-state index contributed by atoms with van der Waals surface area (Å²) in [4.78, 5) is 2.06. The van der Waals surface area contributed by atoms with Crippen molar-refractivity contribution in [1.82, 2.24) is 4.90 Å². The fraction of sp³-hybridized carbons (Fsp3) is 0.316. The molecular weight excluding hydrogens is 356 g/mol. The van der Waals surface area contributed by atoms with E-state index in [9.17, 15) is 0 Å². The van der Waals surface area contributed by atoms with Gasteiger partial charge in [0.1, 0.15) is 6.61 Å². The highest BCUT2D eigenvalue weighted by molar-refractivity contribution is 7.80. The number of nitrogens with one attached hydrogen (secondary N) is 1. The van der Waals surface area contributed by atoms with Gasteiger partial charge in [-0.15, -0.1) is 0 Å². The molecule has 0 spiro atoms. The van der Waals surface area contributed by atoms with Crippen LogP contribution in [0.3, 0.4) is 0 Å². The number of benzene rings is 2. The molecule has 0 fully saturated rings. The number of para-hydroxylation sites is 2. The quantitative estimate of drug-likeness (QED) is 0.794. The molecule has 0 saturated heterocycles. The standard InChI is InChI=1S/C19H21ClN2O2S/c1-3-22(19(25)21-14-9-8-13(2)16(20)10-14)11-15-12-23-17-6-4-5-7-18(17)24-15/h4-10,15H,3,11-12H2,1-2H3,(H,21,25)/t15-/m0/s1. The second-order valence-electron chi connectivity index (χ2n) is 5.93. The van der Waals surface area contributed by atoms with Crippen molar-refractivity contribution < 1.29 is 9.47 Å². The van der Waals surface area contributed by atoms with Gasteiger partial charge in [-0.2, -0.15) is 0 Å². The summed E-state index contributed by atoms with van der Waals surface area (Å²) in [5.41, 5.74) is 1.92. The molecule has 0 aromatic heterocycles. The number of thiocarbonyl (C=S) groups is 1. The number of anilines is 1. The van der Waals surface area contributed by atoms with E-state index in [1.54, 1.807) is 0 Å². The molecule has 4 nitrogen and oxygen atoms in total. The van der Waals surface area contributed by atoms with Crippen molar-refractivity contribution in [2.24, 2.45) is 0 Å². The molecule has 132 valence electrons. The van der Waals surface area contributed by atoms with Gasteiger partial charge in [0.25, 0.3) is 0 Å². The Kier molecular flexibility index (Phi) is 5.66. The lowest BCUT2D eigenvalue weighted by Gasteiger charge is -2.32. The number of hydrogen-bond donors (Lipinski definition) is 1. The van der Waals surface area contributed by atoms with Gasteiger partial charge in [0.2, 0.25) is 0 Å². The SMILES string of the molecule is CCN(C[C@H]1COc2ccccc2O1)C(=S)Nc1ccc(C)c(Cl)c1. The lowest BCUT2D eigenvalue weighted by Crippen LogP contribution is -2.45. The Morgan fingerprint density at radius 2 is 2.04 bits per heavy atom. The van der Waals surface area contributed by atoms with Crippen LogP contribution < -0.4 is 14.8 Å². The van der Waals surface area contributed by atoms with E-state index in [2.05, 4.69) is 17.1 Å². The van der Waals surface area contributed by atoms with Crippen molar-refractivity contribution in [3.05, 3.63) is 53.1 Å². The molecule has 0 bridgehead atoms. The van der Waals surface area contributed by atoms with Crippen molar-refractivity contribution in [1.29, 1.82) is 0 Å². The van der Waals surface area contributed by atoms with Gasteiger partial charge >= 0.3 is 0 Å². The zero-order chi connectivity index (χ0) is 17.8. The fourth-order valence-corrected chi connectivity index (χ4v) is 3.13. The Morgan fingerprint density at radius 3 is 2.76 bits per heavy atom. The van der Waals surface area contributed by atoms with E-state index < -0.39 is 0 Å². The summed E-state index contributed by atoms with van der Waals surface area (Å²) in [6, 6.07) is 13.5. The number of nitrogens with zero attached hydrogens (tertiary/aromatic N) is 1. The predicted molar refractivity (Wildman–Crippen MR) is 106 cm³/mol. The van der Waals surface area contributed by atoms with E-state index in [1.807, 2.05) is 49.4 Å². The number of hydrogen-bond acceptors (Lipinski definition) is 3. The molecule has 1 atom stereocenters. The highest BCUT2D eigenvalue weighted by Gasteiger charge is 2.23. The Balaban J connectivity index is 1.62. The lowest BCUT2D eigenvalue weighted by molar-refractivity contribution is 0.0754. The maximum absolute atomic E-state index is 6.18. The second-order valence-corrected chi connectivity index (χ2v) is 6.72. The summed E-state index contributed by atoms with van der Waals surface area (Å²) in [5, 5.41) is 4.61. The van der Waals surface area contributed by atoms with Crippen LogP contribution in [0.2, 0.25) is 5.02 Å². The monoisotopic (exact) mass is 376 g/mol. The molecule has 1 aliphatic heterocycles. The number of aryl methyl sites for hydroxylation is 1. The highest BCUT2D eigenvalue weighted by atomic mass is 35.5. The van der Waals surface area contributed by atoms with Crippen molar-refractivity contribution in [3.63, 3.8) is 0 Å². The van der Waals surface area contributed by atoms with Gasteiger partial charge in [0.05, 0.1) is 6.54 Å². The predicted octanol–water partition coefficient (Wildman–Crippen LogP) is 4.51. The first-order valence-corrected chi connectivity index (χ1v) is 9.06.